The van der Waals surface area contributed by atoms with Crippen LogP contribution in [0, 0.1) is 22.7 Å². The smallest absolute Gasteiger partial charge is 0.161 e. The van der Waals surface area contributed by atoms with Gasteiger partial charge < -0.3 is 9.47 Å². The molecule has 0 fully saturated rings. The van der Waals surface area contributed by atoms with E-state index in [0.29, 0.717) is 17.1 Å². The predicted octanol–water partition coefficient (Wildman–Crippen LogP) is 3.68. The molecule has 0 radical (unpaired) electrons. The molecule has 0 bridgehead atoms. The van der Waals surface area contributed by atoms with Crippen molar-refractivity contribution in [2.24, 2.45) is 0 Å². The Bertz CT molecular complexity index is 767. The van der Waals surface area contributed by atoms with Gasteiger partial charge >= 0.3 is 0 Å². The van der Waals surface area contributed by atoms with Gasteiger partial charge in [0.05, 0.1) is 24.8 Å². The van der Waals surface area contributed by atoms with Crippen LogP contribution in [0.5, 0.6) is 11.5 Å². The summed E-state index contributed by atoms with van der Waals surface area (Å²) in [5, 5.41) is 17.6. The lowest BCUT2D eigenvalue weighted by molar-refractivity contribution is 0.284. The van der Waals surface area contributed by atoms with Crippen molar-refractivity contribution in [3.05, 3.63) is 65.2 Å². The number of rotatable bonds is 5. The summed E-state index contributed by atoms with van der Waals surface area (Å²) in [5.41, 5.74) is 2.26. The second-order valence-electron chi connectivity index (χ2n) is 4.43. The largest absolute Gasteiger partial charge is 0.493 e. The molecule has 0 aromatic heterocycles. The number of benzene rings is 2. The molecule has 0 N–H and O–H groups in total. The van der Waals surface area contributed by atoms with E-state index in [1.165, 1.54) is 6.08 Å². The van der Waals surface area contributed by atoms with Gasteiger partial charge in [0.15, 0.2) is 11.5 Å². The van der Waals surface area contributed by atoms with Crippen molar-refractivity contribution in [1.29, 1.82) is 10.5 Å². The monoisotopic (exact) mass is 290 g/mol. The van der Waals surface area contributed by atoms with Crippen molar-refractivity contribution in [3.63, 3.8) is 0 Å². The number of hydrogen-bond acceptors (Lipinski definition) is 4. The highest BCUT2D eigenvalue weighted by Gasteiger charge is 2.07. The molecule has 2 aromatic carbocycles. The van der Waals surface area contributed by atoms with Crippen LogP contribution in [0.1, 0.15) is 16.7 Å². The Morgan fingerprint density at radius 2 is 1.91 bits per heavy atom. The van der Waals surface area contributed by atoms with E-state index in [0.717, 1.165) is 11.1 Å². The molecule has 4 heteroatoms. The summed E-state index contributed by atoms with van der Waals surface area (Å²) in [7, 11) is 1.56. The molecule has 0 saturated carbocycles. The number of methoxy groups -OCH3 is 1. The highest BCUT2D eigenvalue weighted by atomic mass is 16.5. The van der Waals surface area contributed by atoms with E-state index in [4.69, 9.17) is 20.0 Å². The molecule has 0 aliphatic rings. The minimum Gasteiger partial charge on any atom is -0.493 e. The van der Waals surface area contributed by atoms with Gasteiger partial charge in [-0.2, -0.15) is 10.5 Å². The van der Waals surface area contributed by atoms with Gasteiger partial charge in [-0.15, -0.1) is 0 Å². The maximum Gasteiger partial charge on any atom is 0.161 e. The third-order valence-corrected chi connectivity index (χ3v) is 3.06. The Morgan fingerprint density at radius 1 is 1.09 bits per heavy atom. The van der Waals surface area contributed by atoms with Crippen LogP contribution >= 0.6 is 0 Å². The highest BCUT2D eigenvalue weighted by Crippen LogP contribution is 2.29. The van der Waals surface area contributed by atoms with Crippen LogP contribution < -0.4 is 9.47 Å². The third kappa shape index (κ3) is 3.65. The fourth-order valence-electron chi connectivity index (χ4n) is 1.95. The van der Waals surface area contributed by atoms with Crippen LogP contribution in [0.2, 0.25) is 0 Å². The van der Waals surface area contributed by atoms with Crippen molar-refractivity contribution >= 4 is 6.08 Å². The van der Waals surface area contributed by atoms with Crippen LogP contribution in [0.4, 0.5) is 0 Å². The van der Waals surface area contributed by atoms with Crippen LogP contribution in [0.15, 0.2) is 48.5 Å². The molecule has 0 aliphatic carbocycles. The standard InChI is InChI=1S/C18H14N2O2/c1-21-18-11-14(5-4-10-19)8-9-17(18)22-13-16-7-3-2-6-15(16)12-20/h2-9,11H,13H2,1H3/b5-4+. The van der Waals surface area contributed by atoms with Gasteiger partial charge in [-0.25, -0.2) is 0 Å². The second-order valence-corrected chi connectivity index (χ2v) is 4.43. The van der Waals surface area contributed by atoms with Crippen LogP contribution in [-0.4, -0.2) is 7.11 Å². The fraction of sp³-hybridized carbons (Fsp3) is 0.111. The van der Waals surface area contributed by atoms with E-state index in [-0.39, 0.29) is 6.61 Å². The molecule has 108 valence electrons. The van der Waals surface area contributed by atoms with Crippen molar-refractivity contribution < 1.29 is 9.47 Å². The highest BCUT2D eigenvalue weighted by molar-refractivity contribution is 5.57. The Morgan fingerprint density at radius 3 is 2.64 bits per heavy atom. The second kappa shape index (κ2) is 7.52. The van der Waals surface area contributed by atoms with Crippen LogP contribution in [-0.2, 0) is 6.61 Å². The lowest BCUT2D eigenvalue weighted by Gasteiger charge is -2.12. The van der Waals surface area contributed by atoms with Gasteiger partial charge in [-0.05, 0) is 29.8 Å². The zero-order valence-corrected chi connectivity index (χ0v) is 12.1. The number of hydrogen-bond donors (Lipinski definition) is 0. The summed E-state index contributed by atoms with van der Waals surface area (Å²) in [4.78, 5) is 0. The normalized spacial score (nSPS) is 9.95. The van der Waals surface area contributed by atoms with Crippen molar-refractivity contribution in [2.45, 2.75) is 6.61 Å². The molecule has 2 aromatic rings. The van der Waals surface area contributed by atoms with Gasteiger partial charge in [-0.3, -0.25) is 0 Å². The zero-order valence-electron chi connectivity index (χ0n) is 12.1. The maximum atomic E-state index is 9.07. The van der Waals surface area contributed by atoms with Crippen molar-refractivity contribution in [3.8, 4) is 23.6 Å². The summed E-state index contributed by atoms with van der Waals surface area (Å²) in [6.07, 6.45) is 3.09. The first-order valence-electron chi connectivity index (χ1n) is 6.63. The summed E-state index contributed by atoms with van der Waals surface area (Å²) >= 11 is 0. The molecule has 0 aliphatic heterocycles. The molecular formula is C18H14N2O2. The lowest BCUT2D eigenvalue weighted by Crippen LogP contribution is -2.00. The lowest BCUT2D eigenvalue weighted by atomic mass is 10.1. The van der Waals surface area contributed by atoms with Gasteiger partial charge in [-0.1, -0.05) is 24.3 Å². The summed E-state index contributed by atoms with van der Waals surface area (Å²) in [5.74, 6) is 1.17. The van der Waals surface area contributed by atoms with Gasteiger partial charge in [0.2, 0.25) is 0 Å². The molecule has 0 spiro atoms. The molecule has 0 saturated heterocycles. The molecule has 0 atom stereocenters. The van der Waals surface area contributed by atoms with Crippen LogP contribution in [0.25, 0.3) is 6.08 Å². The molecule has 0 amide bonds. The zero-order chi connectivity index (χ0) is 15.8. The van der Waals surface area contributed by atoms with Gasteiger partial charge in [0, 0.05) is 11.6 Å². The number of nitriles is 2. The topological polar surface area (TPSA) is 66.0 Å². The van der Waals surface area contributed by atoms with E-state index >= 15 is 0 Å². The minimum absolute atomic E-state index is 0.285. The first-order chi connectivity index (χ1) is 10.8. The SMILES string of the molecule is COc1cc(/C=C/C#N)ccc1OCc1ccccc1C#N. The van der Waals surface area contributed by atoms with Gasteiger partial charge in [0.25, 0.3) is 0 Å². The summed E-state index contributed by atoms with van der Waals surface area (Å²) in [6.45, 7) is 0.285. The van der Waals surface area contributed by atoms with Crippen molar-refractivity contribution in [1.82, 2.24) is 0 Å². The molecule has 2 rings (SSSR count). The quantitative estimate of drug-likeness (QED) is 0.788. The minimum atomic E-state index is 0.285. The molecule has 22 heavy (non-hydrogen) atoms. The summed E-state index contributed by atoms with van der Waals surface area (Å²) in [6, 6.07) is 16.8. The average molecular weight is 290 g/mol. The van der Waals surface area contributed by atoms with E-state index < -0.39 is 0 Å². The van der Waals surface area contributed by atoms with E-state index in [2.05, 4.69) is 6.07 Å². The number of allylic oxidation sites excluding steroid dienone is 1. The summed E-state index contributed by atoms with van der Waals surface area (Å²) < 4.78 is 11.1. The number of nitrogens with zero attached hydrogens (tertiary/aromatic N) is 2. The van der Waals surface area contributed by atoms with E-state index in [1.807, 2.05) is 30.3 Å². The average Bonchev–Trinajstić information content (AvgIpc) is 2.58. The first kappa shape index (κ1) is 15.2. The van der Waals surface area contributed by atoms with Crippen LogP contribution in [0.3, 0.4) is 0 Å². The number of ether oxygens (including phenoxy) is 2. The van der Waals surface area contributed by atoms with E-state index in [9.17, 15) is 0 Å². The predicted molar refractivity (Wildman–Crippen MR) is 83.1 cm³/mol. The molecule has 0 heterocycles. The Hall–Kier alpha value is -3.24. The molecule has 4 nitrogen and oxygen atoms in total. The maximum absolute atomic E-state index is 9.07. The Labute approximate surface area is 129 Å². The molecule has 0 unspecified atom stereocenters. The fourth-order valence-corrected chi connectivity index (χ4v) is 1.95. The van der Waals surface area contributed by atoms with Gasteiger partial charge in [0.1, 0.15) is 6.61 Å². The molecular weight excluding hydrogens is 276 g/mol. The Balaban J connectivity index is 2.18. The third-order valence-electron chi connectivity index (χ3n) is 3.06. The van der Waals surface area contributed by atoms with Crippen molar-refractivity contribution in [2.75, 3.05) is 7.11 Å². The Kier molecular flexibility index (Phi) is 5.18. The van der Waals surface area contributed by atoms with E-state index in [1.54, 1.807) is 31.4 Å². The first-order valence-corrected chi connectivity index (χ1v) is 6.63.